The Hall–Kier alpha value is -1.35. The van der Waals surface area contributed by atoms with Crippen LogP contribution in [0, 0.1) is 12.7 Å². The number of hydrogen-bond acceptors (Lipinski definition) is 2. The first-order valence-corrected chi connectivity index (χ1v) is 5.97. The molecule has 1 N–H and O–H groups in total. The summed E-state index contributed by atoms with van der Waals surface area (Å²) in [5, 5.41) is 9.74. The van der Waals surface area contributed by atoms with Crippen LogP contribution in [-0.2, 0) is 0 Å². The maximum atomic E-state index is 13.5. The van der Waals surface area contributed by atoms with Gasteiger partial charge >= 0.3 is 0 Å². The minimum Gasteiger partial charge on any atom is -0.389 e. The molecule has 0 radical (unpaired) electrons. The molecule has 1 aliphatic rings. The number of anilines is 1. The molecule has 1 heterocycles. The molecule has 0 saturated carbocycles. The van der Waals surface area contributed by atoms with Gasteiger partial charge in [-0.3, -0.25) is 0 Å². The van der Waals surface area contributed by atoms with Crippen LogP contribution in [0.3, 0.4) is 0 Å². The molecular weight excluding hydrogens is 217 g/mol. The van der Waals surface area contributed by atoms with Crippen LogP contribution in [-0.4, -0.2) is 18.2 Å². The van der Waals surface area contributed by atoms with Gasteiger partial charge in [-0.2, -0.15) is 0 Å². The van der Waals surface area contributed by atoms with E-state index in [1.807, 2.05) is 6.07 Å². The monoisotopic (exact) mass is 235 g/mol. The zero-order valence-corrected chi connectivity index (χ0v) is 10.3. The summed E-state index contributed by atoms with van der Waals surface area (Å²) in [6.45, 7) is 5.17. The van der Waals surface area contributed by atoms with Gasteiger partial charge < -0.3 is 10.0 Å². The molecule has 17 heavy (non-hydrogen) atoms. The predicted molar refractivity (Wildman–Crippen MR) is 67.7 cm³/mol. The highest BCUT2D eigenvalue weighted by Crippen LogP contribution is 2.30. The van der Waals surface area contributed by atoms with Crippen LogP contribution >= 0.6 is 0 Å². The van der Waals surface area contributed by atoms with Gasteiger partial charge in [0.05, 0.1) is 6.10 Å². The highest BCUT2D eigenvalue weighted by molar-refractivity contribution is 5.57. The summed E-state index contributed by atoms with van der Waals surface area (Å²) >= 11 is 0. The molecule has 1 aromatic rings. The Morgan fingerprint density at radius 2 is 2.12 bits per heavy atom. The van der Waals surface area contributed by atoms with Crippen LogP contribution in [0.15, 0.2) is 24.3 Å². The quantitative estimate of drug-likeness (QED) is 0.797. The molecule has 0 amide bonds. The molecule has 0 bridgehead atoms. The average molecular weight is 235 g/mol. The maximum absolute atomic E-state index is 13.5. The molecule has 92 valence electrons. The Morgan fingerprint density at radius 1 is 1.35 bits per heavy atom. The van der Waals surface area contributed by atoms with Crippen LogP contribution in [0.1, 0.15) is 30.6 Å². The fourth-order valence-electron chi connectivity index (χ4n) is 2.15. The lowest BCUT2D eigenvalue weighted by Gasteiger charge is -2.29. The van der Waals surface area contributed by atoms with Crippen LogP contribution in [0.2, 0.25) is 0 Å². The van der Waals surface area contributed by atoms with Crippen LogP contribution in [0.5, 0.6) is 0 Å². The van der Waals surface area contributed by atoms with E-state index in [4.69, 9.17) is 0 Å². The average Bonchev–Trinajstić information content (AvgIpc) is 2.33. The topological polar surface area (TPSA) is 23.5 Å². The van der Waals surface area contributed by atoms with Crippen LogP contribution in [0.25, 0.3) is 0 Å². The smallest absolute Gasteiger partial charge is 0.126 e. The fraction of sp³-hybridized carbons (Fsp3) is 0.429. The van der Waals surface area contributed by atoms with Crippen LogP contribution in [0.4, 0.5) is 10.1 Å². The molecule has 1 atom stereocenters. The van der Waals surface area contributed by atoms with E-state index in [1.165, 1.54) is 6.07 Å². The largest absolute Gasteiger partial charge is 0.389 e. The number of halogens is 1. The standard InChI is InChI=1S/C14H18FNO/c1-10-8-14(16-6-4-3-5-7-16)12(11(2)17)9-13(10)15/h3-4,8-9,11,17H,5-7H2,1-2H3/t11-/m0/s1. The Labute approximate surface area is 101 Å². The Kier molecular flexibility index (Phi) is 3.48. The zero-order chi connectivity index (χ0) is 12.4. The van der Waals surface area contributed by atoms with Gasteiger partial charge in [0.1, 0.15) is 5.82 Å². The number of aryl methyl sites for hydroxylation is 1. The van der Waals surface area contributed by atoms with Crippen molar-refractivity contribution in [3.05, 3.63) is 41.2 Å². The summed E-state index contributed by atoms with van der Waals surface area (Å²) in [5.74, 6) is -0.253. The van der Waals surface area contributed by atoms with Crippen molar-refractivity contribution in [1.29, 1.82) is 0 Å². The van der Waals surface area contributed by atoms with E-state index in [0.29, 0.717) is 11.1 Å². The number of aliphatic hydroxyl groups excluding tert-OH is 1. The Balaban J connectivity index is 2.43. The molecular formula is C14H18FNO. The number of rotatable bonds is 2. The molecule has 2 nitrogen and oxygen atoms in total. The third-order valence-electron chi connectivity index (χ3n) is 3.16. The van der Waals surface area contributed by atoms with Crippen molar-refractivity contribution >= 4 is 5.69 Å². The van der Waals surface area contributed by atoms with Crippen molar-refractivity contribution in [1.82, 2.24) is 0 Å². The van der Waals surface area contributed by atoms with Crippen molar-refractivity contribution in [2.75, 3.05) is 18.0 Å². The van der Waals surface area contributed by atoms with E-state index < -0.39 is 6.10 Å². The first-order valence-electron chi connectivity index (χ1n) is 5.97. The van der Waals surface area contributed by atoms with Gasteiger partial charge in [-0.15, -0.1) is 0 Å². The number of benzene rings is 1. The molecule has 1 aliphatic heterocycles. The van der Waals surface area contributed by atoms with E-state index in [2.05, 4.69) is 17.1 Å². The second-order valence-electron chi connectivity index (χ2n) is 4.54. The molecule has 2 rings (SSSR count). The van der Waals surface area contributed by atoms with E-state index in [9.17, 15) is 9.50 Å². The van der Waals surface area contributed by atoms with Gasteiger partial charge in [0.2, 0.25) is 0 Å². The van der Waals surface area contributed by atoms with E-state index in [0.717, 1.165) is 25.2 Å². The van der Waals surface area contributed by atoms with Gasteiger partial charge in [-0.25, -0.2) is 4.39 Å². The number of hydrogen-bond donors (Lipinski definition) is 1. The summed E-state index contributed by atoms with van der Waals surface area (Å²) < 4.78 is 13.5. The lowest BCUT2D eigenvalue weighted by molar-refractivity contribution is 0.199. The maximum Gasteiger partial charge on any atom is 0.126 e. The highest BCUT2D eigenvalue weighted by atomic mass is 19.1. The molecule has 0 saturated heterocycles. The van der Waals surface area contributed by atoms with Crippen molar-refractivity contribution in [3.8, 4) is 0 Å². The molecule has 0 fully saturated rings. The van der Waals surface area contributed by atoms with Crippen LogP contribution < -0.4 is 4.90 Å². The number of nitrogens with zero attached hydrogens (tertiary/aromatic N) is 1. The van der Waals surface area contributed by atoms with E-state index >= 15 is 0 Å². The predicted octanol–water partition coefficient (Wildman–Crippen LogP) is 2.95. The summed E-state index contributed by atoms with van der Waals surface area (Å²) in [7, 11) is 0. The van der Waals surface area contributed by atoms with Gasteiger partial charge in [0.15, 0.2) is 0 Å². The normalized spacial score (nSPS) is 17.3. The molecule has 0 aliphatic carbocycles. The third kappa shape index (κ3) is 2.50. The first kappa shape index (κ1) is 12.1. The Bertz CT molecular complexity index is 440. The van der Waals surface area contributed by atoms with E-state index in [1.54, 1.807) is 13.8 Å². The van der Waals surface area contributed by atoms with Gasteiger partial charge in [-0.1, -0.05) is 12.2 Å². The van der Waals surface area contributed by atoms with Crippen molar-refractivity contribution in [2.45, 2.75) is 26.4 Å². The van der Waals surface area contributed by atoms with Crippen molar-refractivity contribution < 1.29 is 9.50 Å². The van der Waals surface area contributed by atoms with Gasteiger partial charge in [-0.05, 0) is 38.0 Å². The minimum atomic E-state index is -0.647. The lowest BCUT2D eigenvalue weighted by atomic mass is 10.0. The van der Waals surface area contributed by atoms with E-state index in [-0.39, 0.29) is 5.82 Å². The SMILES string of the molecule is Cc1cc(N2CC=CCC2)c([C@H](C)O)cc1F. The fourth-order valence-corrected chi connectivity index (χ4v) is 2.15. The summed E-state index contributed by atoms with van der Waals surface area (Å²) in [4.78, 5) is 2.18. The Morgan fingerprint density at radius 3 is 2.71 bits per heavy atom. The second-order valence-corrected chi connectivity index (χ2v) is 4.54. The third-order valence-corrected chi connectivity index (χ3v) is 3.16. The first-order chi connectivity index (χ1) is 8.09. The summed E-state index contributed by atoms with van der Waals surface area (Å²) in [6.07, 6.45) is 4.60. The molecule has 3 heteroatoms. The molecule has 1 aromatic carbocycles. The minimum absolute atomic E-state index is 0.253. The summed E-state index contributed by atoms with van der Waals surface area (Å²) in [5.41, 5.74) is 2.24. The number of aliphatic hydroxyl groups is 1. The van der Waals surface area contributed by atoms with Crippen molar-refractivity contribution in [2.24, 2.45) is 0 Å². The highest BCUT2D eigenvalue weighted by Gasteiger charge is 2.17. The second kappa shape index (κ2) is 4.88. The van der Waals surface area contributed by atoms with Crippen molar-refractivity contribution in [3.63, 3.8) is 0 Å². The molecule has 0 spiro atoms. The zero-order valence-electron chi connectivity index (χ0n) is 10.3. The van der Waals surface area contributed by atoms with Gasteiger partial charge in [0.25, 0.3) is 0 Å². The molecule has 0 unspecified atom stereocenters. The summed E-state index contributed by atoms with van der Waals surface area (Å²) in [6, 6.07) is 3.28. The lowest BCUT2D eigenvalue weighted by Crippen LogP contribution is -2.28. The van der Waals surface area contributed by atoms with Gasteiger partial charge in [0, 0.05) is 24.3 Å². The molecule has 0 aromatic heterocycles.